The van der Waals surface area contributed by atoms with Crippen molar-refractivity contribution >= 4 is 64.5 Å². The molecule has 27 heavy (non-hydrogen) atoms. The van der Waals surface area contributed by atoms with Crippen LogP contribution in [0.15, 0.2) is 46.8 Å². The predicted octanol–water partition coefficient (Wildman–Crippen LogP) is 4.94. The molecule has 144 valence electrons. The maximum atomic E-state index is 6.09. The average molecular weight is 536 g/mol. The van der Waals surface area contributed by atoms with Crippen LogP contribution in [0, 0.1) is 0 Å². The van der Waals surface area contributed by atoms with E-state index in [1.54, 1.807) is 18.4 Å². The van der Waals surface area contributed by atoms with E-state index in [1.807, 2.05) is 35.9 Å². The molecule has 2 N–H and O–H groups in total. The third-order valence-corrected chi connectivity index (χ3v) is 5.60. The Morgan fingerprint density at radius 3 is 2.52 bits per heavy atom. The fourth-order valence-corrected chi connectivity index (χ4v) is 3.61. The molecular formula is C18H20Cl2IN5S. The first-order valence-electron chi connectivity index (χ1n) is 8.02. The Labute approximate surface area is 189 Å². The largest absolute Gasteiger partial charge is 0.351 e. The summed E-state index contributed by atoms with van der Waals surface area (Å²) < 4.78 is 1.84. The number of aliphatic imine (C=N–C) groups is 1. The molecule has 1 aromatic carbocycles. The standard InChI is InChI=1S/C18H19Cl2N5S.HI/c1-21-18(22-9-13-8-14(19)17(20)25(13)2)23-10-16-24-15(11-26-16)12-6-4-3-5-7-12;/h3-8,11H,9-10H2,1-2H3,(H2,21,22,23);1H. The zero-order chi connectivity index (χ0) is 18.5. The summed E-state index contributed by atoms with van der Waals surface area (Å²) in [5.41, 5.74) is 3.09. The highest BCUT2D eigenvalue weighted by Gasteiger charge is 2.10. The van der Waals surface area contributed by atoms with Gasteiger partial charge in [-0.15, -0.1) is 35.3 Å². The maximum Gasteiger partial charge on any atom is 0.191 e. The van der Waals surface area contributed by atoms with E-state index in [-0.39, 0.29) is 24.0 Å². The fourth-order valence-electron chi connectivity index (χ4n) is 2.45. The Kier molecular flexibility index (Phi) is 8.40. The summed E-state index contributed by atoms with van der Waals surface area (Å²) in [6.07, 6.45) is 0. The van der Waals surface area contributed by atoms with Crippen LogP contribution in [0.25, 0.3) is 11.3 Å². The number of nitrogens with one attached hydrogen (secondary N) is 2. The normalized spacial score (nSPS) is 11.2. The molecule has 2 heterocycles. The summed E-state index contributed by atoms with van der Waals surface area (Å²) in [5, 5.41) is 10.7. The van der Waals surface area contributed by atoms with E-state index in [4.69, 9.17) is 23.2 Å². The summed E-state index contributed by atoms with van der Waals surface area (Å²) in [6.45, 7) is 1.17. The highest BCUT2D eigenvalue weighted by atomic mass is 127. The second kappa shape index (κ2) is 10.3. The van der Waals surface area contributed by atoms with Gasteiger partial charge in [0.25, 0.3) is 0 Å². The van der Waals surface area contributed by atoms with E-state index in [1.165, 1.54) is 0 Å². The number of nitrogens with zero attached hydrogens (tertiary/aromatic N) is 3. The van der Waals surface area contributed by atoms with Crippen molar-refractivity contribution in [3.05, 3.63) is 62.7 Å². The van der Waals surface area contributed by atoms with E-state index >= 15 is 0 Å². The minimum absolute atomic E-state index is 0. The molecule has 0 saturated carbocycles. The van der Waals surface area contributed by atoms with Crippen molar-refractivity contribution in [1.29, 1.82) is 0 Å². The molecule has 0 unspecified atom stereocenters. The Hall–Kier alpha value is -1.29. The Balaban J connectivity index is 0.00000261. The second-order valence-corrected chi connectivity index (χ2v) is 7.31. The Morgan fingerprint density at radius 2 is 1.89 bits per heavy atom. The van der Waals surface area contributed by atoms with Gasteiger partial charge in [0.1, 0.15) is 10.2 Å². The van der Waals surface area contributed by atoms with Crippen molar-refractivity contribution in [2.75, 3.05) is 7.05 Å². The summed E-state index contributed by atoms with van der Waals surface area (Å²) in [5.74, 6) is 0.690. The molecule has 0 amide bonds. The minimum atomic E-state index is 0. The highest BCUT2D eigenvalue weighted by molar-refractivity contribution is 14.0. The van der Waals surface area contributed by atoms with Crippen LogP contribution in [-0.4, -0.2) is 22.6 Å². The van der Waals surface area contributed by atoms with Crippen molar-refractivity contribution in [1.82, 2.24) is 20.2 Å². The minimum Gasteiger partial charge on any atom is -0.351 e. The lowest BCUT2D eigenvalue weighted by Crippen LogP contribution is -2.36. The molecule has 0 spiro atoms. The van der Waals surface area contributed by atoms with Crippen LogP contribution in [0.3, 0.4) is 0 Å². The zero-order valence-electron chi connectivity index (χ0n) is 14.9. The van der Waals surface area contributed by atoms with Gasteiger partial charge in [-0.05, 0) is 6.07 Å². The van der Waals surface area contributed by atoms with Crippen molar-refractivity contribution in [2.24, 2.45) is 12.0 Å². The van der Waals surface area contributed by atoms with Crippen molar-refractivity contribution in [3.63, 3.8) is 0 Å². The number of rotatable bonds is 5. The van der Waals surface area contributed by atoms with Crippen LogP contribution >= 0.6 is 58.5 Å². The predicted molar refractivity (Wildman–Crippen MR) is 125 cm³/mol. The molecular weight excluding hydrogens is 516 g/mol. The maximum absolute atomic E-state index is 6.09. The van der Waals surface area contributed by atoms with E-state index in [0.29, 0.717) is 29.2 Å². The van der Waals surface area contributed by atoms with E-state index < -0.39 is 0 Å². The number of halogens is 3. The summed E-state index contributed by atoms with van der Waals surface area (Å²) in [6, 6.07) is 12.0. The molecule has 0 aliphatic heterocycles. The van der Waals surface area contributed by atoms with E-state index in [9.17, 15) is 0 Å². The van der Waals surface area contributed by atoms with E-state index in [2.05, 4.69) is 38.1 Å². The molecule has 0 aliphatic rings. The summed E-state index contributed by atoms with van der Waals surface area (Å²) >= 11 is 13.8. The van der Waals surface area contributed by atoms with Gasteiger partial charge in [-0.2, -0.15) is 0 Å². The molecule has 2 aromatic heterocycles. The molecule has 3 rings (SSSR count). The molecule has 9 heteroatoms. The van der Waals surface area contributed by atoms with Gasteiger partial charge in [0.05, 0.1) is 23.8 Å². The van der Waals surface area contributed by atoms with Crippen LogP contribution in [-0.2, 0) is 20.1 Å². The van der Waals surface area contributed by atoms with Crippen LogP contribution < -0.4 is 10.6 Å². The second-order valence-electron chi connectivity index (χ2n) is 5.61. The first-order valence-corrected chi connectivity index (χ1v) is 9.66. The zero-order valence-corrected chi connectivity index (χ0v) is 19.5. The molecule has 0 fully saturated rings. The fraction of sp³-hybridized carbons (Fsp3) is 0.222. The number of thiazole rings is 1. The average Bonchev–Trinajstić information content (AvgIpc) is 3.23. The lowest BCUT2D eigenvalue weighted by molar-refractivity contribution is 0.749. The lowest BCUT2D eigenvalue weighted by atomic mass is 10.2. The van der Waals surface area contributed by atoms with Gasteiger partial charge < -0.3 is 15.2 Å². The number of guanidine groups is 1. The van der Waals surface area contributed by atoms with Crippen LogP contribution in [0.4, 0.5) is 0 Å². The number of aromatic nitrogens is 2. The lowest BCUT2D eigenvalue weighted by Gasteiger charge is -2.11. The van der Waals surface area contributed by atoms with Gasteiger partial charge in [0, 0.05) is 30.7 Å². The van der Waals surface area contributed by atoms with Gasteiger partial charge in [-0.1, -0.05) is 53.5 Å². The molecule has 0 bridgehead atoms. The molecule has 5 nitrogen and oxygen atoms in total. The van der Waals surface area contributed by atoms with Crippen LogP contribution in [0.5, 0.6) is 0 Å². The van der Waals surface area contributed by atoms with E-state index in [0.717, 1.165) is 22.0 Å². The molecule has 0 atom stereocenters. The highest BCUT2D eigenvalue weighted by Crippen LogP contribution is 2.25. The molecule has 0 aliphatic carbocycles. The summed E-state index contributed by atoms with van der Waals surface area (Å²) in [7, 11) is 3.61. The first kappa shape index (κ1) is 22.0. The van der Waals surface area contributed by atoms with Gasteiger partial charge >= 0.3 is 0 Å². The molecule has 3 aromatic rings. The Morgan fingerprint density at radius 1 is 1.19 bits per heavy atom. The number of hydrogen-bond acceptors (Lipinski definition) is 3. The number of benzene rings is 1. The third-order valence-electron chi connectivity index (χ3n) is 3.90. The SMILES string of the molecule is CN=C(NCc1nc(-c2ccccc2)cs1)NCc1cc(Cl)c(Cl)n1C.I. The van der Waals surface area contributed by atoms with Gasteiger partial charge in [-0.25, -0.2) is 4.98 Å². The molecule has 0 saturated heterocycles. The third kappa shape index (κ3) is 5.60. The van der Waals surface area contributed by atoms with Crippen LogP contribution in [0.1, 0.15) is 10.7 Å². The first-order chi connectivity index (χ1) is 12.6. The summed E-state index contributed by atoms with van der Waals surface area (Å²) in [4.78, 5) is 8.91. The quantitative estimate of drug-likeness (QED) is 0.276. The number of hydrogen-bond donors (Lipinski definition) is 2. The van der Waals surface area contributed by atoms with Gasteiger partial charge in [0.2, 0.25) is 0 Å². The smallest absolute Gasteiger partial charge is 0.191 e. The van der Waals surface area contributed by atoms with Crippen molar-refractivity contribution in [2.45, 2.75) is 13.1 Å². The molecule has 0 radical (unpaired) electrons. The monoisotopic (exact) mass is 535 g/mol. The van der Waals surface area contributed by atoms with Gasteiger partial charge in [0.15, 0.2) is 5.96 Å². The topological polar surface area (TPSA) is 54.2 Å². The van der Waals surface area contributed by atoms with Gasteiger partial charge in [-0.3, -0.25) is 4.99 Å². The van der Waals surface area contributed by atoms with Crippen LogP contribution in [0.2, 0.25) is 10.2 Å². The van der Waals surface area contributed by atoms with Crippen molar-refractivity contribution in [3.8, 4) is 11.3 Å². The Bertz CT molecular complexity index is 908. The van der Waals surface area contributed by atoms with Crippen molar-refractivity contribution < 1.29 is 0 Å².